The van der Waals surface area contributed by atoms with Crippen molar-refractivity contribution in [2.24, 2.45) is 11.3 Å². The summed E-state index contributed by atoms with van der Waals surface area (Å²) in [4.78, 5) is 28.2. The van der Waals surface area contributed by atoms with E-state index in [-0.39, 0.29) is 36.2 Å². The van der Waals surface area contributed by atoms with Crippen LogP contribution in [0, 0.1) is 11.3 Å². The van der Waals surface area contributed by atoms with Crippen molar-refractivity contribution in [1.82, 2.24) is 14.6 Å². The first-order valence-electron chi connectivity index (χ1n) is 11.8. The Kier molecular flexibility index (Phi) is 10.9. The number of hydrogen-bond donors (Lipinski definition) is 3. The van der Waals surface area contributed by atoms with Gasteiger partial charge in [0.15, 0.2) is 5.12 Å². The Balaban J connectivity index is 1.53. The van der Waals surface area contributed by atoms with E-state index in [2.05, 4.69) is 10.1 Å². The van der Waals surface area contributed by atoms with Gasteiger partial charge in [-0.05, 0) is 31.9 Å². The molecule has 4 atom stereocenters. The Hall–Kier alpha value is -1.85. The van der Waals surface area contributed by atoms with Gasteiger partial charge >= 0.3 is 5.69 Å². The van der Waals surface area contributed by atoms with Crippen LogP contribution < -0.4 is 16.5 Å². The highest BCUT2D eigenvalue weighted by Crippen LogP contribution is 2.38. The molecule has 2 aromatic rings. The number of ether oxygens (including phenoxy) is 1. The third-order valence-electron chi connectivity index (χ3n) is 5.68. The summed E-state index contributed by atoms with van der Waals surface area (Å²) >= 11 is 1.14. The van der Waals surface area contributed by atoms with E-state index < -0.39 is 25.9 Å². The third kappa shape index (κ3) is 8.34. The second-order valence-electron chi connectivity index (χ2n) is 9.29. The molecule has 2 heterocycles. The fourth-order valence-corrected chi connectivity index (χ4v) is 5.59. The molecule has 1 aromatic carbocycles. The number of carbonyl (C=O) groups is 1. The summed E-state index contributed by atoms with van der Waals surface area (Å²) in [5.41, 5.74) is 5.46. The van der Waals surface area contributed by atoms with Gasteiger partial charge in [-0.25, -0.2) is 9.88 Å². The van der Waals surface area contributed by atoms with Gasteiger partial charge in [-0.2, -0.15) is 4.98 Å². The van der Waals surface area contributed by atoms with Crippen molar-refractivity contribution in [3.05, 3.63) is 58.6 Å². The van der Waals surface area contributed by atoms with Crippen LogP contribution in [0.5, 0.6) is 0 Å². The molecular weight excluding hydrogens is 503 g/mol. The number of rotatable bonds is 13. The van der Waals surface area contributed by atoms with E-state index in [4.69, 9.17) is 19.5 Å². The molecular formula is C24H35N4O6PS. The van der Waals surface area contributed by atoms with Crippen LogP contribution in [-0.4, -0.2) is 51.5 Å². The van der Waals surface area contributed by atoms with Crippen molar-refractivity contribution in [2.75, 3.05) is 31.3 Å². The number of nitrogen functional groups attached to an aromatic ring is 1. The van der Waals surface area contributed by atoms with Gasteiger partial charge in [0.05, 0.1) is 31.3 Å². The predicted molar refractivity (Wildman–Crippen MR) is 141 cm³/mol. The minimum atomic E-state index is -1.46. The van der Waals surface area contributed by atoms with E-state index in [1.54, 1.807) is 26.1 Å². The number of aromatic nitrogens is 2. The SMILES string of the molecule is CC1CC(COP(NCc2ccccc2)OCCSC(=O)C(C)(C)CO)OC1n1ccc(N)nc1=O. The average Bonchev–Trinajstić information content (AvgIpc) is 3.23. The lowest BCUT2D eigenvalue weighted by atomic mass is 9.97. The van der Waals surface area contributed by atoms with Gasteiger partial charge in [0.25, 0.3) is 8.53 Å². The number of nitrogens with two attached hydrogens (primary N) is 1. The summed E-state index contributed by atoms with van der Waals surface area (Å²) in [6.45, 7) is 6.40. The number of hydrogen-bond acceptors (Lipinski definition) is 10. The van der Waals surface area contributed by atoms with Crippen LogP contribution in [0.1, 0.15) is 39.0 Å². The molecule has 1 aromatic heterocycles. The number of carbonyl (C=O) groups excluding carboxylic acids is 1. The summed E-state index contributed by atoms with van der Waals surface area (Å²) < 4.78 is 19.6. The zero-order valence-corrected chi connectivity index (χ0v) is 22.5. The second-order valence-corrected chi connectivity index (χ2v) is 11.7. The van der Waals surface area contributed by atoms with Crippen molar-refractivity contribution in [3.63, 3.8) is 0 Å². The van der Waals surface area contributed by atoms with Crippen LogP contribution in [0.4, 0.5) is 5.82 Å². The highest BCUT2D eigenvalue weighted by Gasteiger charge is 2.35. The van der Waals surface area contributed by atoms with Gasteiger partial charge in [0.2, 0.25) is 0 Å². The molecule has 0 aliphatic carbocycles. The third-order valence-corrected chi connectivity index (χ3v) is 8.09. The molecule has 1 aliphatic rings. The van der Waals surface area contributed by atoms with Gasteiger partial charge in [-0.1, -0.05) is 49.0 Å². The van der Waals surface area contributed by atoms with Gasteiger partial charge in [-0.15, -0.1) is 0 Å². The lowest BCUT2D eigenvalue weighted by molar-refractivity contribution is -0.119. The van der Waals surface area contributed by atoms with Crippen molar-refractivity contribution >= 4 is 31.2 Å². The van der Waals surface area contributed by atoms with Crippen molar-refractivity contribution < 1.29 is 23.7 Å². The minimum absolute atomic E-state index is 0.0807. The number of aliphatic hydroxyl groups is 1. The first-order chi connectivity index (χ1) is 17.2. The largest absolute Gasteiger partial charge is 0.395 e. The number of nitrogens with zero attached hydrogens (tertiary/aromatic N) is 2. The zero-order chi connectivity index (χ0) is 26.1. The molecule has 4 N–H and O–H groups in total. The Morgan fingerprint density at radius 3 is 2.78 bits per heavy atom. The Morgan fingerprint density at radius 2 is 2.08 bits per heavy atom. The van der Waals surface area contributed by atoms with Crippen LogP contribution in [0.2, 0.25) is 0 Å². The molecule has 0 radical (unpaired) electrons. The smallest absolute Gasteiger partial charge is 0.351 e. The van der Waals surface area contributed by atoms with E-state index in [0.717, 1.165) is 17.3 Å². The van der Waals surface area contributed by atoms with Crippen molar-refractivity contribution in [2.45, 2.75) is 46.1 Å². The molecule has 1 aliphatic heterocycles. The Bertz CT molecular complexity index is 1040. The lowest BCUT2D eigenvalue weighted by Gasteiger charge is -2.22. The fourth-order valence-electron chi connectivity index (χ4n) is 3.53. The van der Waals surface area contributed by atoms with E-state index in [0.29, 0.717) is 25.3 Å². The zero-order valence-electron chi connectivity index (χ0n) is 20.8. The van der Waals surface area contributed by atoms with E-state index in [1.165, 1.54) is 4.57 Å². The number of aliphatic hydroxyl groups excluding tert-OH is 1. The van der Waals surface area contributed by atoms with Crippen LogP contribution in [-0.2, 0) is 25.1 Å². The molecule has 0 amide bonds. The van der Waals surface area contributed by atoms with Gasteiger partial charge in [0.1, 0.15) is 12.0 Å². The predicted octanol–water partition coefficient (Wildman–Crippen LogP) is 3.08. The fraction of sp³-hybridized carbons (Fsp3) is 0.542. The molecule has 3 rings (SSSR count). The molecule has 1 saturated heterocycles. The highest BCUT2D eigenvalue weighted by molar-refractivity contribution is 8.13. The van der Waals surface area contributed by atoms with Crippen LogP contribution in [0.3, 0.4) is 0 Å². The summed E-state index contributed by atoms with van der Waals surface area (Å²) in [7, 11) is -1.46. The molecule has 10 nitrogen and oxygen atoms in total. The molecule has 0 bridgehead atoms. The van der Waals surface area contributed by atoms with Crippen LogP contribution >= 0.6 is 20.3 Å². The normalized spacial score (nSPS) is 20.9. The van der Waals surface area contributed by atoms with Gasteiger partial charge in [-0.3, -0.25) is 9.36 Å². The molecule has 0 spiro atoms. The van der Waals surface area contributed by atoms with Crippen molar-refractivity contribution in [1.29, 1.82) is 0 Å². The van der Waals surface area contributed by atoms with E-state index in [1.807, 2.05) is 37.3 Å². The first-order valence-corrected chi connectivity index (χ1v) is 14.0. The highest BCUT2D eigenvalue weighted by atomic mass is 32.2. The number of benzene rings is 1. The molecule has 12 heteroatoms. The first kappa shape index (κ1) is 28.7. The maximum Gasteiger partial charge on any atom is 0.351 e. The Morgan fingerprint density at radius 1 is 1.33 bits per heavy atom. The molecule has 4 unspecified atom stereocenters. The molecule has 1 fully saturated rings. The molecule has 36 heavy (non-hydrogen) atoms. The van der Waals surface area contributed by atoms with E-state index >= 15 is 0 Å². The summed E-state index contributed by atoms with van der Waals surface area (Å²) in [5.74, 6) is 0.709. The summed E-state index contributed by atoms with van der Waals surface area (Å²) in [6, 6.07) is 11.5. The Labute approximate surface area is 216 Å². The number of anilines is 1. The van der Waals surface area contributed by atoms with E-state index in [9.17, 15) is 14.7 Å². The maximum absolute atomic E-state index is 12.2. The average molecular weight is 539 g/mol. The van der Waals surface area contributed by atoms with Crippen molar-refractivity contribution in [3.8, 4) is 0 Å². The maximum atomic E-state index is 12.2. The lowest BCUT2D eigenvalue weighted by Crippen LogP contribution is -2.29. The molecule has 0 saturated carbocycles. The number of nitrogens with one attached hydrogen (secondary N) is 1. The molecule has 198 valence electrons. The summed E-state index contributed by atoms with van der Waals surface area (Å²) in [5, 5.41) is 12.6. The standard InChI is InChI=1S/C24H35N4O6PS/c1-17-13-19(34-21(17)28-10-9-20(25)27-23(28)31)15-33-35(26-14-18-7-5-4-6-8-18)32-11-12-36-22(30)24(2,3)16-29/h4-10,17,19,21,26,29H,11-16H2,1-3H3,(H2,25,27,31). The quantitative estimate of drug-likeness (QED) is 0.258. The van der Waals surface area contributed by atoms with Gasteiger partial charge < -0.3 is 24.6 Å². The van der Waals surface area contributed by atoms with Gasteiger partial charge in [0, 0.05) is 24.4 Å². The minimum Gasteiger partial charge on any atom is -0.395 e. The van der Waals surface area contributed by atoms with Crippen LogP contribution in [0.25, 0.3) is 0 Å². The van der Waals surface area contributed by atoms with Crippen LogP contribution in [0.15, 0.2) is 47.4 Å². The monoisotopic (exact) mass is 538 g/mol. The second kappa shape index (κ2) is 13.6. The number of thioether (sulfide) groups is 1. The summed E-state index contributed by atoms with van der Waals surface area (Å²) in [6.07, 6.45) is 1.65. The topological polar surface area (TPSA) is 138 Å².